The molecule has 2 aromatic rings. The SMILES string of the molecule is COc1cccnc1-c1cc(Cl)n[nH]c1=S. The van der Waals surface area contributed by atoms with Gasteiger partial charge in [-0.25, -0.2) is 0 Å². The zero-order valence-corrected chi connectivity index (χ0v) is 9.97. The Labute approximate surface area is 102 Å². The number of methoxy groups -OCH3 is 1. The molecule has 0 amide bonds. The van der Waals surface area contributed by atoms with Crippen molar-refractivity contribution < 1.29 is 4.74 Å². The summed E-state index contributed by atoms with van der Waals surface area (Å²) in [5.41, 5.74) is 1.35. The highest BCUT2D eigenvalue weighted by atomic mass is 35.5. The molecule has 0 unspecified atom stereocenters. The molecule has 82 valence electrons. The van der Waals surface area contributed by atoms with Gasteiger partial charge in [0, 0.05) is 11.8 Å². The largest absolute Gasteiger partial charge is 0.494 e. The number of H-pyrrole nitrogens is 1. The molecule has 0 saturated heterocycles. The van der Waals surface area contributed by atoms with Crippen LogP contribution in [-0.4, -0.2) is 22.3 Å². The van der Waals surface area contributed by atoms with Crippen molar-refractivity contribution in [2.75, 3.05) is 7.11 Å². The van der Waals surface area contributed by atoms with Crippen LogP contribution in [0, 0.1) is 4.64 Å². The van der Waals surface area contributed by atoms with Crippen LogP contribution in [0.25, 0.3) is 11.3 Å². The van der Waals surface area contributed by atoms with Gasteiger partial charge in [-0.3, -0.25) is 10.1 Å². The molecule has 0 aliphatic carbocycles. The fourth-order valence-corrected chi connectivity index (χ4v) is 1.67. The molecule has 0 atom stereocenters. The van der Waals surface area contributed by atoms with Crippen LogP contribution in [0.4, 0.5) is 0 Å². The predicted octanol–water partition coefficient (Wildman–Crippen LogP) is 2.86. The van der Waals surface area contributed by atoms with Gasteiger partial charge in [0.05, 0.1) is 7.11 Å². The van der Waals surface area contributed by atoms with Crippen molar-refractivity contribution in [3.8, 4) is 17.0 Å². The topological polar surface area (TPSA) is 50.8 Å². The maximum atomic E-state index is 5.80. The monoisotopic (exact) mass is 253 g/mol. The maximum absolute atomic E-state index is 5.80. The van der Waals surface area contributed by atoms with Gasteiger partial charge in [-0.1, -0.05) is 23.8 Å². The molecule has 16 heavy (non-hydrogen) atoms. The molecule has 2 heterocycles. The molecule has 0 aliphatic heterocycles. The molecule has 0 spiro atoms. The summed E-state index contributed by atoms with van der Waals surface area (Å²) in [5.74, 6) is 0.643. The Kier molecular flexibility index (Phi) is 3.17. The highest BCUT2D eigenvalue weighted by molar-refractivity contribution is 7.71. The van der Waals surface area contributed by atoms with E-state index in [0.717, 1.165) is 0 Å². The third-order valence-corrected chi connectivity index (χ3v) is 2.52. The summed E-state index contributed by atoms with van der Waals surface area (Å²) < 4.78 is 5.68. The summed E-state index contributed by atoms with van der Waals surface area (Å²) in [5, 5.41) is 6.77. The van der Waals surface area contributed by atoms with Gasteiger partial charge in [0.15, 0.2) is 0 Å². The number of ether oxygens (including phenoxy) is 1. The summed E-state index contributed by atoms with van der Waals surface area (Å²) in [6.07, 6.45) is 1.67. The molecule has 6 heteroatoms. The van der Waals surface area contributed by atoms with E-state index in [-0.39, 0.29) is 0 Å². The number of pyridine rings is 1. The van der Waals surface area contributed by atoms with E-state index in [9.17, 15) is 0 Å². The average Bonchev–Trinajstić information content (AvgIpc) is 2.32. The van der Waals surface area contributed by atoms with Crippen molar-refractivity contribution in [2.24, 2.45) is 0 Å². The molecule has 0 saturated carbocycles. The lowest BCUT2D eigenvalue weighted by Crippen LogP contribution is -1.93. The number of halogens is 1. The molecule has 0 aromatic carbocycles. The van der Waals surface area contributed by atoms with E-state index in [1.807, 2.05) is 6.07 Å². The number of rotatable bonds is 2. The van der Waals surface area contributed by atoms with Crippen molar-refractivity contribution in [2.45, 2.75) is 0 Å². The summed E-state index contributed by atoms with van der Waals surface area (Å²) >= 11 is 10.9. The summed E-state index contributed by atoms with van der Waals surface area (Å²) in [6.45, 7) is 0. The lowest BCUT2D eigenvalue weighted by molar-refractivity contribution is 0.415. The Hall–Kier alpha value is -1.46. The van der Waals surface area contributed by atoms with E-state index < -0.39 is 0 Å². The summed E-state index contributed by atoms with van der Waals surface area (Å²) in [6, 6.07) is 5.26. The minimum atomic E-state index is 0.330. The Morgan fingerprint density at radius 3 is 3.06 bits per heavy atom. The number of hydrogen-bond donors (Lipinski definition) is 1. The molecular weight excluding hydrogens is 246 g/mol. The fourth-order valence-electron chi connectivity index (χ4n) is 1.31. The lowest BCUT2D eigenvalue weighted by atomic mass is 10.2. The minimum Gasteiger partial charge on any atom is -0.494 e. The second-order valence-corrected chi connectivity index (χ2v) is 3.78. The molecule has 0 radical (unpaired) electrons. The van der Waals surface area contributed by atoms with Crippen molar-refractivity contribution in [1.29, 1.82) is 0 Å². The van der Waals surface area contributed by atoms with Gasteiger partial charge in [0.1, 0.15) is 21.2 Å². The molecular formula is C10H8ClN3OS. The molecule has 0 fully saturated rings. The van der Waals surface area contributed by atoms with E-state index >= 15 is 0 Å². The van der Waals surface area contributed by atoms with Gasteiger partial charge < -0.3 is 4.74 Å². The van der Waals surface area contributed by atoms with E-state index in [1.54, 1.807) is 25.4 Å². The van der Waals surface area contributed by atoms with Gasteiger partial charge in [0.25, 0.3) is 0 Å². The van der Waals surface area contributed by atoms with E-state index in [2.05, 4.69) is 15.2 Å². The molecule has 2 rings (SSSR count). The number of aromatic nitrogens is 3. The zero-order chi connectivity index (χ0) is 11.5. The quantitative estimate of drug-likeness (QED) is 0.837. The predicted molar refractivity (Wildman–Crippen MR) is 64.2 cm³/mol. The average molecular weight is 254 g/mol. The summed E-state index contributed by atoms with van der Waals surface area (Å²) in [7, 11) is 1.58. The Bertz CT molecular complexity index is 570. The highest BCUT2D eigenvalue weighted by Gasteiger charge is 2.09. The molecule has 4 nitrogen and oxygen atoms in total. The second kappa shape index (κ2) is 4.59. The maximum Gasteiger partial charge on any atom is 0.150 e. The van der Waals surface area contributed by atoms with Crippen molar-refractivity contribution >= 4 is 23.8 Å². The molecule has 0 bridgehead atoms. The van der Waals surface area contributed by atoms with Crippen LogP contribution in [0.1, 0.15) is 0 Å². The first-order valence-corrected chi connectivity index (χ1v) is 5.25. The molecule has 2 aromatic heterocycles. The van der Waals surface area contributed by atoms with Gasteiger partial charge >= 0.3 is 0 Å². The zero-order valence-electron chi connectivity index (χ0n) is 8.40. The van der Waals surface area contributed by atoms with Crippen LogP contribution in [0.2, 0.25) is 5.15 Å². The Morgan fingerprint density at radius 1 is 1.50 bits per heavy atom. The number of hydrogen-bond acceptors (Lipinski definition) is 4. The smallest absolute Gasteiger partial charge is 0.150 e. The number of nitrogens with one attached hydrogen (secondary N) is 1. The van der Waals surface area contributed by atoms with E-state index in [1.165, 1.54) is 0 Å². The van der Waals surface area contributed by atoms with Gasteiger partial charge in [0.2, 0.25) is 0 Å². The first-order valence-electron chi connectivity index (χ1n) is 4.47. The first-order chi connectivity index (χ1) is 7.72. The summed E-state index contributed by atoms with van der Waals surface area (Å²) in [4.78, 5) is 4.22. The lowest BCUT2D eigenvalue weighted by Gasteiger charge is -2.06. The van der Waals surface area contributed by atoms with Crippen LogP contribution in [0.15, 0.2) is 24.4 Å². The van der Waals surface area contributed by atoms with Gasteiger partial charge in [-0.15, -0.1) is 0 Å². The van der Waals surface area contributed by atoms with Crippen LogP contribution >= 0.6 is 23.8 Å². The third kappa shape index (κ3) is 2.05. The van der Waals surface area contributed by atoms with Crippen LogP contribution in [0.3, 0.4) is 0 Å². The number of nitrogens with zero attached hydrogens (tertiary/aromatic N) is 2. The van der Waals surface area contributed by atoms with Crippen LogP contribution in [0.5, 0.6) is 5.75 Å². The van der Waals surface area contributed by atoms with Gasteiger partial charge in [-0.05, 0) is 18.2 Å². The second-order valence-electron chi connectivity index (χ2n) is 2.99. The minimum absolute atomic E-state index is 0.330. The first kappa shape index (κ1) is 11.0. The van der Waals surface area contributed by atoms with Crippen LogP contribution in [-0.2, 0) is 0 Å². The van der Waals surface area contributed by atoms with E-state index in [4.69, 9.17) is 28.6 Å². The Balaban J connectivity index is 2.67. The van der Waals surface area contributed by atoms with Crippen molar-refractivity contribution in [3.05, 3.63) is 34.2 Å². The highest BCUT2D eigenvalue weighted by Crippen LogP contribution is 2.28. The number of aromatic amines is 1. The fraction of sp³-hybridized carbons (Fsp3) is 0.100. The standard InChI is InChI=1S/C10H8ClN3OS/c1-15-7-3-2-4-12-9(7)6-5-8(11)13-14-10(6)16/h2-5H,1H3,(H,14,16). The van der Waals surface area contributed by atoms with Crippen molar-refractivity contribution in [1.82, 2.24) is 15.2 Å². The van der Waals surface area contributed by atoms with Gasteiger partial charge in [-0.2, -0.15) is 5.10 Å². The normalized spacial score (nSPS) is 10.1. The molecule has 0 aliphatic rings. The van der Waals surface area contributed by atoms with E-state index in [0.29, 0.717) is 26.8 Å². The third-order valence-electron chi connectivity index (χ3n) is 2.02. The van der Waals surface area contributed by atoms with Crippen molar-refractivity contribution in [3.63, 3.8) is 0 Å². The van der Waals surface area contributed by atoms with Crippen LogP contribution < -0.4 is 4.74 Å². The molecule has 1 N–H and O–H groups in total. The Morgan fingerprint density at radius 2 is 2.31 bits per heavy atom.